The Morgan fingerprint density at radius 3 is 2.89 bits per heavy atom. The molecule has 1 amide bonds. The molecule has 176 valence electrons. The molecule has 0 bridgehead atoms. The van der Waals surface area contributed by atoms with Crippen LogP contribution < -0.4 is 16.2 Å². The molecule has 0 aliphatic carbocycles. The third-order valence-electron chi connectivity index (χ3n) is 6.24. The molecule has 1 atom stereocenters. The molecule has 0 fully saturated rings. The summed E-state index contributed by atoms with van der Waals surface area (Å²) in [4.78, 5) is 38.6. The number of halogens is 1. The van der Waals surface area contributed by atoms with E-state index in [4.69, 9.17) is 15.5 Å². The summed E-state index contributed by atoms with van der Waals surface area (Å²) in [6.45, 7) is 0.538. The van der Waals surface area contributed by atoms with Crippen molar-refractivity contribution in [2.45, 2.75) is 25.4 Å². The highest BCUT2D eigenvalue weighted by molar-refractivity contribution is 5.78. The molecule has 35 heavy (non-hydrogen) atoms. The average Bonchev–Trinajstić information content (AvgIpc) is 3.39. The molecule has 1 unspecified atom stereocenters. The first-order chi connectivity index (χ1) is 17.0. The quantitative estimate of drug-likeness (QED) is 0.418. The highest BCUT2D eigenvalue weighted by Crippen LogP contribution is 2.35. The van der Waals surface area contributed by atoms with E-state index >= 15 is 0 Å². The number of hydrogen-bond acceptors (Lipinski definition) is 6. The first-order valence-electron chi connectivity index (χ1n) is 11.1. The first kappa shape index (κ1) is 21.0. The fourth-order valence-corrected chi connectivity index (χ4v) is 4.62. The Morgan fingerprint density at radius 1 is 1.17 bits per heavy atom. The maximum atomic E-state index is 13.9. The zero-order chi connectivity index (χ0) is 24.1. The van der Waals surface area contributed by atoms with Crippen LogP contribution in [0.25, 0.3) is 28.1 Å². The van der Waals surface area contributed by atoms with Crippen molar-refractivity contribution in [2.24, 2.45) is 5.73 Å². The van der Waals surface area contributed by atoms with Gasteiger partial charge in [0.1, 0.15) is 23.4 Å². The topological polar surface area (TPSA) is 123 Å². The van der Waals surface area contributed by atoms with E-state index in [-0.39, 0.29) is 30.6 Å². The summed E-state index contributed by atoms with van der Waals surface area (Å²) in [6.07, 6.45) is 3.61. The van der Waals surface area contributed by atoms with Gasteiger partial charge in [0.05, 0.1) is 29.9 Å². The molecule has 0 saturated carbocycles. The number of para-hydroxylation sites is 1. The molecule has 0 spiro atoms. The van der Waals surface area contributed by atoms with Gasteiger partial charge in [0.25, 0.3) is 0 Å². The van der Waals surface area contributed by atoms with Crippen LogP contribution in [-0.2, 0) is 11.3 Å². The van der Waals surface area contributed by atoms with E-state index in [1.807, 2.05) is 24.3 Å². The van der Waals surface area contributed by atoms with Gasteiger partial charge in [-0.05, 0) is 18.2 Å². The largest absolute Gasteiger partial charge is 0.493 e. The van der Waals surface area contributed by atoms with Gasteiger partial charge in [-0.1, -0.05) is 18.2 Å². The zero-order valence-corrected chi connectivity index (χ0v) is 18.5. The minimum Gasteiger partial charge on any atom is -0.493 e. The van der Waals surface area contributed by atoms with Crippen molar-refractivity contribution in [1.29, 1.82) is 0 Å². The SMILES string of the molecule is NC(=O)CCn1c(=O)n(C2CCOc3ccccc32)c2nc(-n3cnc4ccc(F)cc43)ncc21. The van der Waals surface area contributed by atoms with Crippen LogP contribution in [0.2, 0.25) is 0 Å². The number of carbonyl (C=O) groups excluding carboxylic acids is 1. The summed E-state index contributed by atoms with van der Waals surface area (Å²) in [6, 6.07) is 11.5. The number of amides is 1. The van der Waals surface area contributed by atoms with Gasteiger partial charge in [0.2, 0.25) is 11.9 Å². The van der Waals surface area contributed by atoms with Crippen molar-refractivity contribution in [3.05, 3.63) is 76.9 Å². The van der Waals surface area contributed by atoms with Gasteiger partial charge >= 0.3 is 5.69 Å². The highest BCUT2D eigenvalue weighted by atomic mass is 19.1. The predicted octanol–water partition coefficient (Wildman–Crippen LogP) is 2.32. The third kappa shape index (κ3) is 3.43. The molecule has 1 aliphatic heterocycles. The van der Waals surface area contributed by atoms with E-state index in [0.29, 0.717) is 41.0 Å². The van der Waals surface area contributed by atoms with Gasteiger partial charge in [0, 0.05) is 31.0 Å². The molecule has 2 aromatic carbocycles. The third-order valence-corrected chi connectivity index (χ3v) is 6.24. The number of ether oxygens (including phenoxy) is 1. The Balaban J connectivity index is 1.58. The summed E-state index contributed by atoms with van der Waals surface area (Å²) >= 11 is 0. The van der Waals surface area contributed by atoms with Crippen molar-refractivity contribution in [1.82, 2.24) is 28.7 Å². The molecule has 6 rings (SSSR count). The van der Waals surface area contributed by atoms with Crippen LogP contribution in [0.1, 0.15) is 24.4 Å². The molecule has 5 aromatic rings. The fourth-order valence-electron chi connectivity index (χ4n) is 4.62. The number of carbonyl (C=O) groups is 1. The van der Waals surface area contributed by atoms with Gasteiger partial charge in [-0.15, -0.1) is 0 Å². The van der Waals surface area contributed by atoms with Gasteiger partial charge < -0.3 is 10.5 Å². The van der Waals surface area contributed by atoms with Crippen molar-refractivity contribution in [3.8, 4) is 11.7 Å². The lowest BCUT2D eigenvalue weighted by Crippen LogP contribution is -2.31. The number of rotatable bonds is 5. The van der Waals surface area contributed by atoms with Crippen molar-refractivity contribution < 1.29 is 13.9 Å². The molecule has 1 aliphatic rings. The Labute approximate surface area is 197 Å². The molecule has 2 N–H and O–H groups in total. The summed E-state index contributed by atoms with van der Waals surface area (Å²) in [5.74, 6) is 0.0260. The molecular formula is C24H20FN7O3. The number of primary amides is 1. The van der Waals surface area contributed by atoms with E-state index in [0.717, 1.165) is 5.56 Å². The van der Waals surface area contributed by atoms with Crippen molar-refractivity contribution >= 4 is 28.1 Å². The summed E-state index contributed by atoms with van der Waals surface area (Å²) in [5, 5.41) is 0. The molecular weight excluding hydrogens is 453 g/mol. The maximum Gasteiger partial charge on any atom is 0.330 e. The second-order valence-corrected chi connectivity index (χ2v) is 8.34. The number of aryl methyl sites for hydroxylation is 1. The summed E-state index contributed by atoms with van der Waals surface area (Å²) in [7, 11) is 0. The fraction of sp³-hybridized carbons (Fsp3) is 0.208. The minimum absolute atomic E-state index is 0.00340. The molecule has 11 heteroatoms. The van der Waals surface area contributed by atoms with Gasteiger partial charge in [0.15, 0.2) is 5.65 Å². The summed E-state index contributed by atoms with van der Waals surface area (Å²) in [5.41, 5.74) is 7.85. The number of imidazole rings is 2. The Morgan fingerprint density at radius 2 is 2.03 bits per heavy atom. The number of nitrogens with two attached hydrogens (primary N) is 1. The van der Waals surface area contributed by atoms with E-state index in [9.17, 15) is 14.0 Å². The van der Waals surface area contributed by atoms with Crippen LogP contribution in [0.3, 0.4) is 0 Å². The van der Waals surface area contributed by atoms with Crippen LogP contribution >= 0.6 is 0 Å². The lowest BCUT2D eigenvalue weighted by molar-refractivity contribution is -0.118. The van der Waals surface area contributed by atoms with Gasteiger partial charge in [-0.3, -0.25) is 18.5 Å². The van der Waals surface area contributed by atoms with Crippen LogP contribution in [0, 0.1) is 5.82 Å². The highest BCUT2D eigenvalue weighted by Gasteiger charge is 2.28. The van der Waals surface area contributed by atoms with Gasteiger partial charge in [-0.2, -0.15) is 4.98 Å². The molecule has 3 aromatic heterocycles. The lowest BCUT2D eigenvalue weighted by atomic mass is 10.0. The van der Waals surface area contributed by atoms with E-state index in [1.54, 1.807) is 15.2 Å². The van der Waals surface area contributed by atoms with Crippen LogP contribution in [0.5, 0.6) is 5.75 Å². The standard InChI is InChI=1S/C24H20FN7O3/c25-14-5-6-16-18(11-14)31(13-28-16)23-27-12-19-22(29-23)32(24(34)30(19)9-7-21(26)33)17-8-10-35-20-4-2-1-3-15(17)20/h1-6,11-13,17H,7-10H2,(H2,26,33). The monoisotopic (exact) mass is 473 g/mol. The lowest BCUT2D eigenvalue weighted by Gasteiger charge is -2.26. The number of aromatic nitrogens is 6. The van der Waals surface area contributed by atoms with Crippen molar-refractivity contribution in [2.75, 3.05) is 6.61 Å². The molecule has 0 radical (unpaired) electrons. The molecule has 0 saturated heterocycles. The normalized spacial score (nSPS) is 15.3. The first-order valence-corrected chi connectivity index (χ1v) is 11.1. The Kier molecular flexibility index (Phi) is 4.83. The van der Waals surface area contributed by atoms with E-state index in [1.165, 1.54) is 29.2 Å². The van der Waals surface area contributed by atoms with Crippen LogP contribution in [-0.4, -0.2) is 41.2 Å². The van der Waals surface area contributed by atoms with E-state index < -0.39 is 11.7 Å². The number of nitrogens with zero attached hydrogens (tertiary/aromatic N) is 6. The number of fused-ring (bicyclic) bond motifs is 3. The number of benzene rings is 2. The van der Waals surface area contributed by atoms with Gasteiger partial charge in [-0.25, -0.2) is 19.2 Å². The summed E-state index contributed by atoms with van der Waals surface area (Å²) < 4.78 is 24.4. The smallest absolute Gasteiger partial charge is 0.330 e. The zero-order valence-electron chi connectivity index (χ0n) is 18.5. The Bertz CT molecular complexity index is 1670. The van der Waals surface area contributed by atoms with E-state index in [2.05, 4.69) is 9.97 Å². The molecule has 10 nitrogen and oxygen atoms in total. The van der Waals surface area contributed by atoms with Crippen LogP contribution in [0.4, 0.5) is 4.39 Å². The molecule has 4 heterocycles. The maximum absolute atomic E-state index is 13.9. The Hall–Kier alpha value is -4.54. The minimum atomic E-state index is -0.515. The van der Waals surface area contributed by atoms with Crippen LogP contribution in [0.15, 0.2) is 59.8 Å². The number of hydrogen-bond donors (Lipinski definition) is 1. The average molecular weight is 473 g/mol. The second kappa shape index (κ2) is 8.05. The second-order valence-electron chi connectivity index (χ2n) is 8.34. The predicted molar refractivity (Wildman–Crippen MR) is 125 cm³/mol. The van der Waals surface area contributed by atoms with Crippen molar-refractivity contribution in [3.63, 3.8) is 0 Å².